The molecule has 9 heteroatoms. The molecule has 0 saturated carbocycles. The number of methoxy groups -OCH3 is 1. The maximum atomic E-state index is 13.3. The van der Waals surface area contributed by atoms with Gasteiger partial charge in [0.1, 0.15) is 29.1 Å². The summed E-state index contributed by atoms with van der Waals surface area (Å²) < 4.78 is 22.1. The van der Waals surface area contributed by atoms with Gasteiger partial charge in [-0.1, -0.05) is 25.0 Å². The molecule has 2 aromatic carbocycles. The molecule has 0 aliphatic carbocycles. The molecule has 0 bridgehead atoms. The molecule has 0 unspecified atom stereocenters. The Morgan fingerprint density at radius 1 is 1.00 bits per heavy atom. The van der Waals surface area contributed by atoms with Crippen molar-refractivity contribution in [2.75, 3.05) is 13.7 Å². The molecular formula is C28H32N2O7. The second-order valence-corrected chi connectivity index (χ2v) is 9.01. The molecule has 1 aliphatic rings. The van der Waals surface area contributed by atoms with E-state index < -0.39 is 24.1 Å². The number of carbonyl (C=O) groups is 2. The highest BCUT2D eigenvalue weighted by Gasteiger charge is 2.38. The van der Waals surface area contributed by atoms with Crippen molar-refractivity contribution in [1.82, 2.24) is 9.88 Å². The van der Waals surface area contributed by atoms with Crippen molar-refractivity contribution in [3.63, 3.8) is 0 Å². The van der Waals surface area contributed by atoms with Crippen molar-refractivity contribution >= 4 is 12.1 Å². The number of carbonyl (C=O) groups excluding carboxylic acids is 1. The number of carboxylic acids is 1. The number of likely N-dealkylation sites (tertiary alicyclic amines) is 1. The standard InChI is InChI=1S/C28H32N2O7/c1-18-24(29-19(2)36-18)16-17-35-22-10-8-20(9-11-22)25-6-4-5-7-26(27(31)32)30(25)28(33)37-23-14-12-21(34-3)13-15-23/h8-15,25-26H,4-7,16-17H2,1-3H3,(H,31,32)/t25-,26-/m0/s1. The van der Waals surface area contributed by atoms with Crippen molar-refractivity contribution in [1.29, 1.82) is 0 Å². The van der Waals surface area contributed by atoms with Crippen molar-refractivity contribution in [3.8, 4) is 17.2 Å². The Balaban J connectivity index is 1.49. The predicted molar refractivity (Wildman–Crippen MR) is 135 cm³/mol. The molecule has 0 radical (unpaired) electrons. The van der Waals surface area contributed by atoms with Crippen LogP contribution in [0.4, 0.5) is 4.79 Å². The number of aromatic nitrogens is 1. The minimum absolute atomic E-state index is 0.319. The number of hydrogen-bond donors (Lipinski definition) is 1. The number of nitrogens with zero attached hydrogens (tertiary/aromatic N) is 2. The van der Waals surface area contributed by atoms with Crippen molar-refractivity contribution in [2.24, 2.45) is 0 Å². The summed E-state index contributed by atoms with van der Waals surface area (Å²) in [6.07, 6.45) is 2.44. The van der Waals surface area contributed by atoms with Gasteiger partial charge in [-0.3, -0.25) is 4.90 Å². The minimum Gasteiger partial charge on any atom is -0.497 e. The molecule has 196 valence electrons. The number of benzene rings is 2. The fourth-order valence-electron chi connectivity index (χ4n) is 4.65. The zero-order valence-corrected chi connectivity index (χ0v) is 21.3. The third-order valence-corrected chi connectivity index (χ3v) is 6.51. The quantitative estimate of drug-likeness (QED) is 0.425. The lowest BCUT2D eigenvalue weighted by Gasteiger charge is -2.33. The molecular weight excluding hydrogens is 476 g/mol. The molecule has 1 N–H and O–H groups in total. The summed E-state index contributed by atoms with van der Waals surface area (Å²) in [6.45, 7) is 4.14. The van der Waals surface area contributed by atoms with Crippen LogP contribution in [0.2, 0.25) is 0 Å². The predicted octanol–water partition coefficient (Wildman–Crippen LogP) is 5.49. The van der Waals surface area contributed by atoms with Gasteiger partial charge in [-0.2, -0.15) is 0 Å². The van der Waals surface area contributed by atoms with E-state index >= 15 is 0 Å². The first kappa shape index (κ1) is 26.1. The molecule has 2 heterocycles. The first-order valence-electron chi connectivity index (χ1n) is 12.4. The fourth-order valence-corrected chi connectivity index (χ4v) is 4.65. The van der Waals surface area contributed by atoms with Gasteiger partial charge in [0.15, 0.2) is 5.89 Å². The Labute approximate surface area is 216 Å². The average Bonchev–Trinajstić information content (AvgIpc) is 3.07. The third kappa shape index (κ3) is 6.41. The van der Waals surface area contributed by atoms with E-state index in [9.17, 15) is 14.7 Å². The van der Waals surface area contributed by atoms with E-state index in [0.29, 0.717) is 55.4 Å². The number of carboxylic acid groups (broad SMARTS) is 1. The number of rotatable bonds is 8. The Hall–Kier alpha value is -4.01. The highest BCUT2D eigenvalue weighted by Crippen LogP contribution is 2.35. The van der Waals surface area contributed by atoms with E-state index in [2.05, 4.69) is 4.98 Å². The molecule has 3 aromatic rings. The molecule has 1 saturated heterocycles. The number of oxazole rings is 1. The number of aliphatic carboxylic acids is 1. The van der Waals surface area contributed by atoms with Crippen LogP contribution in [0.3, 0.4) is 0 Å². The minimum atomic E-state index is -1.04. The van der Waals surface area contributed by atoms with Crippen LogP contribution in [0.15, 0.2) is 52.9 Å². The Kier molecular flexibility index (Phi) is 8.32. The molecule has 1 amide bonds. The van der Waals surface area contributed by atoms with Crippen LogP contribution < -0.4 is 14.2 Å². The SMILES string of the molecule is COc1ccc(OC(=O)N2[C@H](C(=O)O)CCCC[C@H]2c2ccc(OCCc3nc(C)oc3C)cc2)cc1. The average molecular weight is 509 g/mol. The number of amides is 1. The summed E-state index contributed by atoms with van der Waals surface area (Å²) in [6, 6.07) is 12.6. The summed E-state index contributed by atoms with van der Waals surface area (Å²) in [5.41, 5.74) is 1.70. The van der Waals surface area contributed by atoms with Crippen LogP contribution in [0.1, 0.15) is 54.6 Å². The molecule has 37 heavy (non-hydrogen) atoms. The van der Waals surface area contributed by atoms with E-state index in [1.54, 1.807) is 31.4 Å². The van der Waals surface area contributed by atoms with Crippen LogP contribution >= 0.6 is 0 Å². The number of ether oxygens (including phenoxy) is 3. The molecule has 2 atom stereocenters. The van der Waals surface area contributed by atoms with Gasteiger partial charge in [-0.05, 0) is 61.7 Å². The molecule has 1 aliphatic heterocycles. The highest BCUT2D eigenvalue weighted by atomic mass is 16.6. The zero-order chi connectivity index (χ0) is 26.4. The maximum Gasteiger partial charge on any atom is 0.416 e. The lowest BCUT2D eigenvalue weighted by Crippen LogP contribution is -2.47. The van der Waals surface area contributed by atoms with Crippen LogP contribution in [0.25, 0.3) is 0 Å². The topological polar surface area (TPSA) is 111 Å². The summed E-state index contributed by atoms with van der Waals surface area (Å²) in [5, 5.41) is 9.94. The largest absolute Gasteiger partial charge is 0.497 e. The normalized spacial score (nSPS) is 17.6. The molecule has 0 spiro atoms. The van der Waals surface area contributed by atoms with Crippen molar-refractivity contribution in [3.05, 3.63) is 71.4 Å². The lowest BCUT2D eigenvalue weighted by molar-refractivity contribution is -0.143. The van der Waals surface area contributed by atoms with Crippen LogP contribution in [0.5, 0.6) is 17.2 Å². The van der Waals surface area contributed by atoms with Crippen LogP contribution in [-0.4, -0.2) is 46.8 Å². The van der Waals surface area contributed by atoms with Crippen LogP contribution in [-0.2, 0) is 11.2 Å². The van der Waals surface area contributed by atoms with E-state index in [1.165, 1.54) is 4.90 Å². The first-order chi connectivity index (χ1) is 17.9. The zero-order valence-electron chi connectivity index (χ0n) is 21.3. The fraction of sp³-hybridized carbons (Fsp3) is 0.393. The Morgan fingerprint density at radius 2 is 1.65 bits per heavy atom. The van der Waals surface area contributed by atoms with Gasteiger partial charge in [0.2, 0.25) is 0 Å². The summed E-state index contributed by atoms with van der Waals surface area (Å²) in [7, 11) is 1.55. The molecule has 1 fully saturated rings. The lowest BCUT2D eigenvalue weighted by atomic mass is 10.0. The highest BCUT2D eigenvalue weighted by molar-refractivity contribution is 5.81. The smallest absolute Gasteiger partial charge is 0.416 e. The van der Waals surface area contributed by atoms with Gasteiger partial charge >= 0.3 is 12.1 Å². The summed E-state index contributed by atoms with van der Waals surface area (Å²) in [5.74, 6) is 2.01. The molecule has 4 rings (SSSR count). The van der Waals surface area contributed by atoms with E-state index in [0.717, 1.165) is 23.4 Å². The van der Waals surface area contributed by atoms with Crippen molar-refractivity contribution < 1.29 is 33.3 Å². The Morgan fingerprint density at radius 3 is 2.27 bits per heavy atom. The molecule has 1 aromatic heterocycles. The van der Waals surface area contributed by atoms with E-state index in [1.807, 2.05) is 38.1 Å². The second kappa shape index (κ2) is 11.8. The number of aryl methyl sites for hydroxylation is 2. The van der Waals surface area contributed by atoms with Gasteiger partial charge in [0, 0.05) is 13.3 Å². The van der Waals surface area contributed by atoms with Gasteiger partial charge in [0.05, 0.1) is 25.5 Å². The van der Waals surface area contributed by atoms with Gasteiger partial charge < -0.3 is 23.7 Å². The van der Waals surface area contributed by atoms with Gasteiger partial charge in [-0.15, -0.1) is 0 Å². The molecule has 9 nitrogen and oxygen atoms in total. The third-order valence-electron chi connectivity index (χ3n) is 6.51. The first-order valence-corrected chi connectivity index (χ1v) is 12.4. The van der Waals surface area contributed by atoms with Crippen LogP contribution in [0, 0.1) is 13.8 Å². The Bertz CT molecular complexity index is 1200. The summed E-state index contributed by atoms with van der Waals surface area (Å²) in [4.78, 5) is 31.2. The van der Waals surface area contributed by atoms with Gasteiger partial charge in [-0.25, -0.2) is 14.6 Å². The van der Waals surface area contributed by atoms with Gasteiger partial charge in [0.25, 0.3) is 0 Å². The van der Waals surface area contributed by atoms with E-state index in [4.69, 9.17) is 18.6 Å². The number of hydrogen-bond acceptors (Lipinski definition) is 7. The second-order valence-electron chi connectivity index (χ2n) is 9.01. The van der Waals surface area contributed by atoms with Crippen molar-refractivity contribution in [2.45, 2.75) is 58.0 Å². The maximum absolute atomic E-state index is 13.3. The monoisotopic (exact) mass is 508 g/mol. The summed E-state index contributed by atoms with van der Waals surface area (Å²) >= 11 is 0. The van der Waals surface area contributed by atoms with E-state index in [-0.39, 0.29) is 0 Å².